The van der Waals surface area contributed by atoms with Gasteiger partial charge in [-0.1, -0.05) is 74.9 Å². The third-order valence-corrected chi connectivity index (χ3v) is 5.52. The molecule has 0 unspecified atom stereocenters. The molecule has 1 heterocycles. The van der Waals surface area contributed by atoms with E-state index in [1.54, 1.807) is 43.3 Å². The van der Waals surface area contributed by atoms with Crippen LogP contribution in [0.25, 0.3) is 0 Å². The second kappa shape index (κ2) is 9.55. The minimum Gasteiger partial charge on any atom is -0.318 e. The van der Waals surface area contributed by atoms with Gasteiger partial charge >= 0.3 is 6.03 Å². The maximum Gasteiger partial charge on any atom is 0.344 e. The van der Waals surface area contributed by atoms with Gasteiger partial charge in [-0.25, -0.2) is 4.79 Å². The first-order valence-electron chi connectivity index (χ1n) is 10.5. The highest BCUT2D eigenvalue weighted by molar-refractivity contribution is 6.08. The van der Waals surface area contributed by atoms with Gasteiger partial charge in [0.05, 0.1) is 0 Å². The number of imide groups is 1. The predicted molar refractivity (Wildman–Crippen MR) is 116 cm³/mol. The van der Waals surface area contributed by atoms with Gasteiger partial charge in [0.1, 0.15) is 5.54 Å². The molecule has 4 amide bonds. The van der Waals surface area contributed by atoms with E-state index in [9.17, 15) is 19.2 Å². The van der Waals surface area contributed by atoms with E-state index in [0.717, 1.165) is 18.4 Å². The van der Waals surface area contributed by atoms with Crippen LogP contribution in [0.1, 0.15) is 61.0 Å². The molecule has 1 aliphatic rings. The highest BCUT2D eigenvalue weighted by Crippen LogP contribution is 2.31. The van der Waals surface area contributed by atoms with Gasteiger partial charge in [0.15, 0.2) is 5.78 Å². The second-order valence-corrected chi connectivity index (χ2v) is 7.60. The SMILES string of the molecule is CCCc1ccc(C(=O)CCC(=O)NN2C(=O)N[C@](CC)(c3ccccc3)C2=O)cc1. The lowest BCUT2D eigenvalue weighted by molar-refractivity contribution is -0.139. The first-order chi connectivity index (χ1) is 14.9. The molecule has 2 N–H and O–H groups in total. The van der Waals surface area contributed by atoms with Crippen LogP contribution in [0.15, 0.2) is 54.6 Å². The number of Topliss-reactive ketones (excluding diaryl/α,β-unsaturated/α-hetero) is 1. The van der Waals surface area contributed by atoms with Crippen molar-refractivity contribution in [1.82, 2.24) is 15.8 Å². The number of carbonyl (C=O) groups excluding carboxylic acids is 4. The van der Waals surface area contributed by atoms with Crippen molar-refractivity contribution < 1.29 is 19.2 Å². The summed E-state index contributed by atoms with van der Waals surface area (Å²) < 4.78 is 0. The highest BCUT2D eigenvalue weighted by atomic mass is 16.2. The van der Waals surface area contributed by atoms with Crippen LogP contribution in [0.3, 0.4) is 0 Å². The number of hydrazine groups is 1. The number of rotatable bonds is 9. The smallest absolute Gasteiger partial charge is 0.318 e. The fraction of sp³-hybridized carbons (Fsp3) is 0.333. The van der Waals surface area contributed by atoms with Crippen molar-refractivity contribution >= 4 is 23.6 Å². The van der Waals surface area contributed by atoms with Crippen molar-refractivity contribution in [1.29, 1.82) is 0 Å². The molecule has 2 aromatic rings. The van der Waals surface area contributed by atoms with Crippen molar-refractivity contribution in [3.05, 3.63) is 71.3 Å². The molecule has 31 heavy (non-hydrogen) atoms. The molecule has 162 valence electrons. The van der Waals surface area contributed by atoms with Crippen molar-refractivity contribution in [3.8, 4) is 0 Å². The van der Waals surface area contributed by atoms with Crippen LogP contribution >= 0.6 is 0 Å². The number of amides is 4. The van der Waals surface area contributed by atoms with Crippen LogP contribution in [-0.2, 0) is 21.5 Å². The maximum atomic E-state index is 13.0. The van der Waals surface area contributed by atoms with Crippen LogP contribution < -0.4 is 10.7 Å². The highest BCUT2D eigenvalue weighted by Gasteiger charge is 2.52. The molecule has 0 spiro atoms. The molecule has 1 saturated heterocycles. The van der Waals surface area contributed by atoms with Crippen LogP contribution in [0.2, 0.25) is 0 Å². The average molecular weight is 421 g/mol. The predicted octanol–water partition coefficient (Wildman–Crippen LogP) is 3.49. The Morgan fingerprint density at radius 2 is 1.65 bits per heavy atom. The minimum atomic E-state index is -1.22. The molecular formula is C24H27N3O4. The lowest BCUT2D eigenvalue weighted by atomic mass is 9.87. The van der Waals surface area contributed by atoms with Gasteiger partial charge in [0, 0.05) is 18.4 Å². The number of benzene rings is 2. The summed E-state index contributed by atoms with van der Waals surface area (Å²) in [5, 5.41) is 3.41. The van der Waals surface area contributed by atoms with Crippen molar-refractivity contribution in [2.24, 2.45) is 0 Å². The van der Waals surface area contributed by atoms with Gasteiger partial charge in [-0.05, 0) is 24.0 Å². The molecule has 1 atom stereocenters. The normalized spacial score (nSPS) is 18.1. The van der Waals surface area contributed by atoms with Gasteiger partial charge in [0.25, 0.3) is 5.91 Å². The Hall–Kier alpha value is -3.48. The number of nitrogens with one attached hydrogen (secondary N) is 2. The number of ketones is 1. The van der Waals surface area contributed by atoms with Crippen molar-refractivity contribution in [3.63, 3.8) is 0 Å². The maximum absolute atomic E-state index is 13.0. The number of hydrogen-bond acceptors (Lipinski definition) is 4. The first kappa shape index (κ1) is 22.2. The molecule has 7 heteroatoms. The number of nitrogens with zero attached hydrogens (tertiary/aromatic N) is 1. The summed E-state index contributed by atoms with van der Waals surface area (Å²) >= 11 is 0. The average Bonchev–Trinajstić information content (AvgIpc) is 3.04. The van der Waals surface area contributed by atoms with Gasteiger partial charge in [-0.3, -0.25) is 19.8 Å². The third-order valence-electron chi connectivity index (χ3n) is 5.52. The Balaban J connectivity index is 1.60. The molecule has 0 saturated carbocycles. The number of urea groups is 1. The zero-order chi connectivity index (χ0) is 22.4. The second-order valence-electron chi connectivity index (χ2n) is 7.60. The Bertz CT molecular complexity index is 972. The molecular weight excluding hydrogens is 394 g/mol. The zero-order valence-electron chi connectivity index (χ0n) is 17.8. The van der Waals surface area contributed by atoms with E-state index in [1.165, 1.54) is 0 Å². The fourth-order valence-electron chi connectivity index (χ4n) is 3.74. The molecule has 7 nitrogen and oxygen atoms in total. The van der Waals surface area contributed by atoms with E-state index in [-0.39, 0.29) is 18.6 Å². The monoisotopic (exact) mass is 421 g/mol. The third kappa shape index (κ3) is 4.66. The van der Waals surface area contributed by atoms with Crippen molar-refractivity contribution in [2.75, 3.05) is 0 Å². The van der Waals surface area contributed by atoms with Crippen LogP contribution in [-0.4, -0.2) is 28.6 Å². The Labute approximate surface area is 181 Å². The number of carbonyl (C=O) groups is 4. The molecule has 0 radical (unpaired) electrons. The number of aryl methyl sites for hydroxylation is 1. The Morgan fingerprint density at radius 3 is 2.26 bits per heavy atom. The molecule has 0 aliphatic carbocycles. The lowest BCUT2D eigenvalue weighted by Gasteiger charge is -2.25. The molecule has 2 aromatic carbocycles. The van der Waals surface area contributed by atoms with E-state index < -0.39 is 23.4 Å². The van der Waals surface area contributed by atoms with E-state index in [0.29, 0.717) is 22.6 Å². The summed E-state index contributed by atoms with van der Waals surface area (Å²) in [5.74, 6) is -1.28. The van der Waals surface area contributed by atoms with Gasteiger partial charge < -0.3 is 5.32 Å². The standard InChI is InChI=1S/C24H27N3O4/c1-3-8-17-11-13-18(14-12-17)20(28)15-16-21(29)26-27-22(30)24(4-2,25-23(27)31)19-9-6-5-7-10-19/h5-7,9-14H,3-4,8,15-16H2,1-2H3,(H,25,31)(H,26,29)/t24-/m1/s1. The summed E-state index contributed by atoms with van der Waals surface area (Å²) in [4.78, 5) is 50.2. The van der Waals surface area contributed by atoms with Gasteiger partial charge in [0.2, 0.25) is 5.91 Å². The van der Waals surface area contributed by atoms with E-state index >= 15 is 0 Å². The van der Waals surface area contributed by atoms with E-state index in [4.69, 9.17) is 0 Å². The topological polar surface area (TPSA) is 95.6 Å². The van der Waals surface area contributed by atoms with Crippen LogP contribution in [0, 0.1) is 0 Å². The van der Waals surface area contributed by atoms with Crippen LogP contribution in [0.4, 0.5) is 4.79 Å². The minimum absolute atomic E-state index is 0.0137. The Morgan fingerprint density at radius 1 is 0.968 bits per heavy atom. The quantitative estimate of drug-likeness (QED) is 0.479. The summed E-state index contributed by atoms with van der Waals surface area (Å²) in [5.41, 5.74) is 3.48. The summed E-state index contributed by atoms with van der Waals surface area (Å²) in [7, 11) is 0. The molecule has 0 bridgehead atoms. The molecule has 0 aromatic heterocycles. The van der Waals surface area contributed by atoms with E-state index in [1.807, 2.05) is 18.2 Å². The Kier molecular flexibility index (Phi) is 6.84. The summed E-state index contributed by atoms with van der Waals surface area (Å²) in [6.45, 7) is 3.88. The molecule has 3 rings (SSSR count). The van der Waals surface area contributed by atoms with Crippen molar-refractivity contribution in [2.45, 2.75) is 51.5 Å². The summed E-state index contributed by atoms with van der Waals surface area (Å²) in [6.07, 6.45) is 2.17. The number of hydrogen-bond donors (Lipinski definition) is 2. The fourth-order valence-corrected chi connectivity index (χ4v) is 3.74. The van der Waals surface area contributed by atoms with Crippen LogP contribution in [0.5, 0.6) is 0 Å². The molecule has 1 aliphatic heterocycles. The van der Waals surface area contributed by atoms with E-state index in [2.05, 4.69) is 17.7 Å². The molecule has 1 fully saturated rings. The van der Waals surface area contributed by atoms with Gasteiger partial charge in [-0.15, -0.1) is 0 Å². The lowest BCUT2D eigenvalue weighted by Crippen LogP contribution is -2.48. The summed E-state index contributed by atoms with van der Waals surface area (Å²) in [6, 6.07) is 15.6. The first-order valence-corrected chi connectivity index (χ1v) is 10.5. The largest absolute Gasteiger partial charge is 0.344 e. The van der Waals surface area contributed by atoms with Gasteiger partial charge in [-0.2, -0.15) is 5.01 Å². The zero-order valence-corrected chi connectivity index (χ0v) is 17.8.